The van der Waals surface area contributed by atoms with Gasteiger partial charge in [0.25, 0.3) is 0 Å². The third kappa shape index (κ3) is 2.98. The van der Waals surface area contributed by atoms with Crippen molar-refractivity contribution in [3.05, 3.63) is 41.6 Å². The van der Waals surface area contributed by atoms with Gasteiger partial charge in [0.15, 0.2) is 11.5 Å². The Morgan fingerprint density at radius 2 is 2.05 bits per heavy atom. The molecule has 1 aliphatic rings. The van der Waals surface area contributed by atoms with Crippen LogP contribution in [0.25, 0.3) is 0 Å². The summed E-state index contributed by atoms with van der Waals surface area (Å²) in [7, 11) is 0. The molecule has 1 aromatic carbocycles. The van der Waals surface area contributed by atoms with Gasteiger partial charge in [0.2, 0.25) is 0 Å². The molecule has 0 atom stereocenters. The second-order valence-electron chi connectivity index (χ2n) is 4.09. The molecule has 0 saturated carbocycles. The van der Waals surface area contributed by atoms with E-state index in [0.29, 0.717) is 0 Å². The molecule has 1 aromatic rings. The molecule has 0 spiro atoms. The standard InChI is InChI=1S/C13H11F3N2O2/c14-13(15,16)12-9(17-5-6-18-12)7-11(20)8-3-1-2-4-10(8)19/h1-4,7,17,19H,5-6H2/b9-7-. The predicted molar refractivity (Wildman–Crippen MR) is 66.9 cm³/mol. The monoisotopic (exact) mass is 284 g/mol. The van der Waals surface area contributed by atoms with Crippen molar-refractivity contribution in [2.45, 2.75) is 6.18 Å². The number of carbonyl (C=O) groups is 1. The highest BCUT2D eigenvalue weighted by molar-refractivity contribution is 6.13. The summed E-state index contributed by atoms with van der Waals surface area (Å²) in [5.41, 5.74) is -1.54. The first-order valence-corrected chi connectivity index (χ1v) is 5.79. The van der Waals surface area contributed by atoms with E-state index >= 15 is 0 Å². The summed E-state index contributed by atoms with van der Waals surface area (Å²) in [6.45, 7) is 0.219. The Morgan fingerprint density at radius 1 is 1.35 bits per heavy atom. The zero-order chi connectivity index (χ0) is 14.8. The van der Waals surface area contributed by atoms with Crippen molar-refractivity contribution < 1.29 is 23.1 Å². The second-order valence-corrected chi connectivity index (χ2v) is 4.09. The van der Waals surface area contributed by atoms with Crippen molar-refractivity contribution in [3.63, 3.8) is 0 Å². The number of ketones is 1. The van der Waals surface area contributed by atoms with Crippen molar-refractivity contribution in [1.82, 2.24) is 5.32 Å². The molecule has 106 valence electrons. The summed E-state index contributed by atoms with van der Waals surface area (Å²) in [4.78, 5) is 15.3. The van der Waals surface area contributed by atoms with E-state index in [2.05, 4.69) is 10.3 Å². The summed E-state index contributed by atoms with van der Waals surface area (Å²) >= 11 is 0. The molecular formula is C13H11F3N2O2. The van der Waals surface area contributed by atoms with Crippen molar-refractivity contribution in [1.29, 1.82) is 0 Å². The second kappa shape index (κ2) is 5.36. The first kappa shape index (κ1) is 14.1. The highest BCUT2D eigenvalue weighted by Crippen LogP contribution is 2.24. The van der Waals surface area contributed by atoms with Gasteiger partial charge in [-0.1, -0.05) is 12.1 Å². The first-order chi connectivity index (χ1) is 9.39. The molecular weight excluding hydrogens is 273 g/mol. The minimum Gasteiger partial charge on any atom is -0.507 e. The quantitative estimate of drug-likeness (QED) is 0.645. The van der Waals surface area contributed by atoms with Gasteiger partial charge in [0, 0.05) is 12.6 Å². The minimum absolute atomic E-state index is 0.00302. The van der Waals surface area contributed by atoms with Crippen molar-refractivity contribution in [2.24, 2.45) is 4.99 Å². The van der Waals surface area contributed by atoms with E-state index in [1.54, 1.807) is 0 Å². The van der Waals surface area contributed by atoms with Gasteiger partial charge in [-0.15, -0.1) is 0 Å². The van der Waals surface area contributed by atoms with Crippen LogP contribution in [0.4, 0.5) is 13.2 Å². The number of carbonyl (C=O) groups excluding carboxylic acids is 1. The predicted octanol–water partition coefficient (Wildman–Crippen LogP) is 2.07. The smallest absolute Gasteiger partial charge is 0.434 e. The number of nitrogens with one attached hydrogen (secondary N) is 1. The SMILES string of the molecule is O=C(/C=C1\NCCN=C1C(F)(F)F)c1ccccc1O. The largest absolute Gasteiger partial charge is 0.507 e. The number of hydrogen-bond donors (Lipinski definition) is 2. The van der Waals surface area contributed by atoms with Crippen LogP contribution < -0.4 is 5.32 Å². The van der Waals surface area contributed by atoms with Gasteiger partial charge >= 0.3 is 6.18 Å². The van der Waals surface area contributed by atoms with Crippen LogP contribution in [0.2, 0.25) is 0 Å². The molecule has 0 unspecified atom stereocenters. The zero-order valence-electron chi connectivity index (χ0n) is 10.2. The number of phenols is 1. The Labute approximate surface area is 112 Å². The summed E-state index contributed by atoms with van der Waals surface area (Å²) < 4.78 is 38.3. The number of hydrogen-bond acceptors (Lipinski definition) is 4. The average molecular weight is 284 g/mol. The lowest BCUT2D eigenvalue weighted by molar-refractivity contribution is -0.0589. The zero-order valence-corrected chi connectivity index (χ0v) is 10.2. The van der Waals surface area contributed by atoms with Gasteiger partial charge in [0.1, 0.15) is 5.75 Å². The molecule has 0 radical (unpaired) electrons. The summed E-state index contributed by atoms with van der Waals surface area (Å²) in [6.07, 6.45) is -3.82. The highest BCUT2D eigenvalue weighted by Gasteiger charge is 2.39. The van der Waals surface area contributed by atoms with Crippen LogP contribution in [0.5, 0.6) is 5.75 Å². The van der Waals surface area contributed by atoms with Gasteiger partial charge < -0.3 is 10.4 Å². The van der Waals surface area contributed by atoms with Crippen LogP contribution >= 0.6 is 0 Å². The number of halogens is 3. The number of allylic oxidation sites excluding steroid dienone is 2. The van der Waals surface area contributed by atoms with E-state index < -0.39 is 17.7 Å². The maximum Gasteiger partial charge on any atom is 0.434 e. The van der Waals surface area contributed by atoms with E-state index in [4.69, 9.17) is 0 Å². The summed E-state index contributed by atoms with van der Waals surface area (Å²) in [5.74, 6) is -1.000. The van der Waals surface area contributed by atoms with E-state index in [0.717, 1.165) is 6.08 Å². The molecule has 0 bridgehead atoms. The Morgan fingerprint density at radius 3 is 2.70 bits per heavy atom. The third-order valence-electron chi connectivity index (χ3n) is 2.67. The van der Waals surface area contributed by atoms with Gasteiger partial charge in [-0.2, -0.15) is 13.2 Å². The number of aromatic hydroxyl groups is 1. The molecule has 7 heteroatoms. The number of rotatable bonds is 2. The summed E-state index contributed by atoms with van der Waals surface area (Å²) in [6, 6.07) is 5.65. The van der Waals surface area contributed by atoms with Crippen LogP contribution in [0.3, 0.4) is 0 Å². The molecule has 0 amide bonds. The van der Waals surface area contributed by atoms with E-state index in [-0.39, 0.29) is 30.1 Å². The Balaban J connectivity index is 2.35. The fraction of sp³-hybridized carbons (Fsp3) is 0.231. The minimum atomic E-state index is -4.63. The van der Waals surface area contributed by atoms with Gasteiger partial charge in [-0.25, -0.2) is 0 Å². The lowest BCUT2D eigenvalue weighted by Crippen LogP contribution is -2.37. The third-order valence-corrected chi connectivity index (χ3v) is 2.67. The van der Waals surface area contributed by atoms with Crippen LogP contribution in [-0.4, -0.2) is 35.9 Å². The maximum atomic E-state index is 12.8. The molecule has 2 N–H and O–H groups in total. The molecule has 0 aromatic heterocycles. The Kier molecular flexibility index (Phi) is 3.78. The Hall–Kier alpha value is -2.31. The maximum absolute atomic E-state index is 12.8. The van der Waals surface area contributed by atoms with Crippen LogP contribution in [0.15, 0.2) is 41.0 Å². The van der Waals surface area contributed by atoms with E-state index in [1.165, 1.54) is 24.3 Å². The first-order valence-electron chi connectivity index (χ1n) is 5.79. The average Bonchev–Trinajstić information content (AvgIpc) is 2.38. The molecule has 2 rings (SSSR count). The van der Waals surface area contributed by atoms with Crippen LogP contribution in [0.1, 0.15) is 10.4 Å². The Bertz CT molecular complexity index is 592. The van der Waals surface area contributed by atoms with E-state index in [9.17, 15) is 23.1 Å². The van der Waals surface area contributed by atoms with Crippen molar-refractivity contribution >= 4 is 11.5 Å². The van der Waals surface area contributed by atoms with Crippen LogP contribution in [0, 0.1) is 0 Å². The lowest BCUT2D eigenvalue weighted by Gasteiger charge is -2.19. The van der Waals surface area contributed by atoms with Crippen molar-refractivity contribution in [2.75, 3.05) is 13.1 Å². The van der Waals surface area contributed by atoms with Crippen molar-refractivity contribution in [3.8, 4) is 5.75 Å². The molecule has 1 heterocycles. The van der Waals surface area contributed by atoms with Gasteiger partial charge in [-0.05, 0) is 12.1 Å². The lowest BCUT2D eigenvalue weighted by atomic mass is 10.1. The highest BCUT2D eigenvalue weighted by atomic mass is 19.4. The molecule has 0 fully saturated rings. The normalized spacial score (nSPS) is 17.6. The molecule has 1 aliphatic heterocycles. The molecule has 20 heavy (non-hydrogen) atoms. The van der Waals surface area contributed by atoms with Gasteiger partial charge in [0.05, 0.1) is 17.8 Å². The fourth-order valence-corrected chi connectivity index (χ4v) is 1.78. The number of benzene rings is 1. The topological polar surface area (TPSA) is 61.7 Å². The number of aliphatic imine (C=N–C) groups is 1. The molecule has 0 saturated heterocycles. The van der Waals surface area contributed by atoms with E-state index in [1.807, 2.05) is 0 Å². The fourth-order valence-electron chi connectivity index (χ4n) is 1.78. The van der Waals surface area contributed by atoms with Gasteiger partial charge in [-0.3, -0.25) is 9.79 Å². The number of para-hydroxylation sites is 1. The molecule has 4 nitrogen and oxygen atoms in total. The van der Waals surface area contributed by atoms with Crippen LogP contribution in [-0.2, 0) is 0 Å². The summed E-state index contributed by atoms with van der Waals surface area (Å²) in [5, 5.41) is 12.0. The molecule has 0 aliphatic carbocycles. The number of phenolic OH excluding ortho intramolecular Hbond substituents is 1. The number of nitrogens with zero attached hydrogens (tertiary/aromatic N) is 1. The number of alkyl halides is 3.